The third-order valence-electron chi connectivity index (χ3n) is 3.82. The summed E-state index contributed by atoms with van der Waals surface area (Å²) in [6.07, 6.45) is 0. The van der Waals surface area contributed by atoms with Gasteiger partial charge in [-0.3, -0.25) is 0 Å². The number of ether oxygens (including phenoxy) is 1. The molecule has 1 N–H and O–H groups in total. The molecule has 6 heteroatoms. The summed E-state index contributed by atoms with van der Waals surface area (Å²) < 4.78 is 33.4. The second-order valence-electron chi connectivity index (χ2n) is 5.34. The lowest BCUT2D eigenvalue weighted by Crippen LogP contribution is -2.02. The highest BCUT2D eigenvalue weighted by Gasteiger charge is 2.26. The van der Waals surface area contributed by atoms with Crippen LogP contribution in [0.4, 0.5) is 8.78 Å². The number of allylic oxidation sites excluding steroid dienone is 1. The Bertz CT molecular complexity index is 942. The normalized spacial score (nSPS) is 14.6. The van der Waals surface area contributed by atoms with E-state index in [0.717, 1.165) is 12.1 Å². The number of hydrogen-bond donors (Lipinski definition) is 1. The first-order valence-corrected chi connectivity index (χ1v) is 7.02. The maximum absolute atomic E-state index is 14.4. The number of rotatable bonds is 1. The maximum Gasteiger partial charge on any atom is 0.335 e. The third-order valence-corrected chi connectivity index (χ3v) is 3.82. The predicted octanol–water partition coefficient (Wildman–Crippen LogP) is 3.90. The lowest BCUT2D eigenvalue weighted by Gasteiger charge is -2.12. The predicted molar refractivity (Wildman–Crippen MR) is 81.4 cm³/mol. The summed E-state index contributed by atoms with van der Waals surface area (Å²) in [5, 5.41) is 18.4. The van der Waals surface area contributed by atoms with E-state index in [1.807, 2.05) is 6.07 Å². The molecule has 0 unspecified atom stereocenters. The molecule has 1 aliphatic rings. The Morgan fingerprint density at radius 3 is 2.71 bits per heavy atom. The van der Waals surface area contributed by atoms with Crippen LogP contribution in [0.5, 0.6) is 5.75 Å². The highest BCUT2D eigenvalue weighted by Crippen LogP contribution is 2.40. The van der Waals surface area contributed by atoms with Crippen LogP contribution >= 0.6 is 0 Å². The standard InChI is InChI=1S/C18H11F2NO3/c1-9(7-21)16-13-3-2-10(18(22)23)4-11(13)8-24-15-6-12(19)5-14(20)17(15)16/h2-6H,8H2,1H3,(H,22,23). The van der Waals surface area contributed by atoms with Gasteiger partial charge in [0.05, 0.1) is 17.2 Å². The van der Waals surface area contributed by atoms with Gasteiger partial charge < -0.3 is 9.84 Å². The molecule has 24 heavy (non-hydrogen) atoms. The number of hydrogen-bond acceptors (Lipinski definition) is 3. The molecular formula is C18H11F2NO3. The maximum atomic E-state index is 14.4. The largest absolute Gasteiger partial charge is 0.488 e. The summed E-state index contributed by atoms with van der Waals surface area (Å²) in [5.41, 5.74) is 1.51. The number of halogens is 2. The fourth-order valence-corrected chi connectivity index (χ4v) is 2.73. The van der Waals surface area contributed by atoms with Crippen LogP contribution in [0.25, 0.3) is 5.57 Å². The van der Waals surface area contributed by atoms with Gasteiger partial charge in [-0.15, -0.1) is 0 Å². The van der Waals surface area contributed by atoms with Crippen molar-refractivity contribution in [3.8, 4) is 11.8 Å². The van der Waals surface area contributed by atoms with Crippen LogP contribution in [0.2, 0.25) is 0 Å². The zero-order chi connectivity index (χ0) is 17.4. The van der Waals surface area contributed by atoms with E-state index in [2.05, 4.69) is 0 Å². The van der Waals surface area contributed by atoms with Crippen molar-refractivity contribution in [3.63, 3.8) is 0 Å². The van der Waals surface area contributed by atoms with E-state index < -0.39 is 17.6 Å². The van der Waals surface area contributed by atoms with Crippen molar-refractivity contribution in [2.24, 2.45) is 0 Å². The van der Waals surface area contributed by atoms with Crippen molar-refractivity contribution in [1.29, 1.82) is 5.26 Å². The molecule has 0 saturated heterocycles. The zero-order valence-electron chi connectivity index (χ0n) is 12.6. The van der Waals surface area contributed by atoms with E-state index in [1.165, 1.54) is 25.1 Å². The average molecular weight is 327 g/mol. The quantitative estimate of drug-likeness (QED) is 0.807. The Balaban J connectivity index is 2.35. The van der Waals surface area contributed by atoms with Crippen LogP contribution in [0.3, 0.4) is 0 Å². The molecule has 0 aromatic heterocycles. The number of aromatic carboxylic acids is 1. The fourth-order valence-electron chi connectivity index (χ4n) is 2.73. The van der Waals surface area contributed by atoms with Crippen LogP contribution in [-0.2, 0) is 6.61 Å². The van der Waals surface area contributed by atoms with Gasteiger partial charge in [0.2, 0.25) is 0 Å². The van der Waals surface area contributed by atoms with Crippen molar-refractivity contribution in [2.45, 2.75) is 13.5 Å². The number of nitriles is 1. The minimum atomic E-state index is -1.11. The molecule has 3 rings (SSSR count). The number of nitrogens with zero attached hydrogens (tertiary/aromatic N) is 1. The van der Waals surface area contributed by atoms with Gasteiger partial charge >= 0.3 is 5.97 Å². The number of benzene rings is 2. The Labute approximate surface area is 136 Å². The first kappa shape index (κ1) is 15.7. The van der Waals surface area contributed by atoms with Gasteiger partial charge in [0.25, 0.3) is 0 Å². The van der Waals surface area contributed by atoms with Crippen LogP contribution in [0.15, 0.2) is 35.9 Å². The molecule has 1 heterocycles. The Hall–Kier alpha value is -3.20. The third kappa shape index (κ3) is 2.50. The van der Waals surface area contributed by atoms with Crippen molar-refractivity contribution in [2.75, 3.05) is 0 Å². The highest BCUT2D eigenvalue weighted by atomic mass is 19.1. The lowest BCUT2D eigenvalue weighted by atomic mass is 9.90. The van der Waals surface area contributed by atoms with E-state index in [1.54, 1.807) is 0 Å². The van der Waals surface area contributed by atoms with Gasteiger partial charge in [-0.25, -0.2) is 13.6 Å². The van der Waals surface area contributed by atoms with E-state index >= 15 is 0 Å². The minimum absolute atomic E-state index is 0.00252. The molecule has 0 aliphatic carbocycles. The first-order valence-electron chi connectivity index (χ1n) is 7.02. The molecule has 2 aromatic carbocycles. The molecule has 0 fully saturated rings. The molecule has 0 amide bonds. The first-order chi connectivity index (χ1) is 11.4. The van der Waals surface area contributed by atoms with Crippen LogP contribution in [0, 0.1) is 23.0 Å². The average Bonchev–Trinajstić information content (AvgIpc) is 2.70. The monoisotopic (exact) mass is 327 g/mol. The Morgan fingerprint density at radius 1 is 1.29 bits per heavy atom. The summed E-state index contributed by atoms with van der Waals surface area (Å²) in [6.45, 7) is 1.46. The number of carboxylic acid groups (broad SMARTS) is 1. The Kier molecular flexibility index (Phi) is 3.78. The Morgan fingerprint density at radius 2 is 2.04 bits per heavy atom. The molecule has 0 atom stereocenters. The second-order valence-corrected chi connectivity index (χ2v) is 5.34. The van der Waals surface area contributed by atoms with E-state index in [0.29, 0.717) is 11.1 Å². The van der Waals surface area contributed by atoms with Gasteiger partial charge in [-0.05, 0) is 30.2 Å². The lowest BCUT2D eigenvalue weighted by molar-refractivity contribution is 0.0696. The molecule has 4 nitrogen and oxygen atoms in total. The molecule has 1 aliphatic heterocycles. The molecule has 0 spiro atoms. The van der Waals surface area contributed by atoms with Crippen molar-refractivity contribution >= 4 is 11.5 Å². The van der Waals surface area contributed by atoms with Gasteiger partial charge in [0.1, 0.15) is 24.0 Å². The van der Waals surface area contributed by atoms with Gasteiger partial charge in [-0.2, -0.15) is 5.26 Å². The number of carboxylic acids is 1. The SMILES string of the molecule is CC(C#N)=C1c2ccc(C(=O)O)cc2COc2cc(F)cc(F)c21. The molecular weight excluding hydrogens is 316 g/mol. The van der Waals surface area contributed by atoms with Crippen molar-refractivity contribution in [1.82, 2.24) is 0 Å². The summed E-state index contributed by atoms with van der Waals surface area (Å²) in [4.78, 5) is 11.1. The van der Waals surface area contributed by atoms with Gasteiger partial charge in [-0.1, -0.05) is 6.07 Å². The zero-order valence-corrected chi connectivity index (χ0v) is 12.6. The van der Waals surface area contributed by atoms with E-state index in [-0.39, 0.29) is 34.6 Å². The molecule has 2 aromatic rings. The highest BCUT2D eigenvalue weighted by molar-refractivity contribution is 5.92. The fraction of sp³-hybridized carbons (Fsp3) is 0.111. The minimum Gasteiger partial charge on any atom is -0.488 e. The van der Waals surface area contributed by atoms with Gasteiger partial charge in [0, 0.05) is 23.3 Å². The topological polar surface area (TPSA) is 70.3 Å². The summed E-state index contributed by atoms with van der Waals surface area (Å²) in [5.74, 6) is -2.77. The van der Waals surface area contributed by atoms with Crippen molar-refractivity contribution < 1.29 is 23.4 Å². The van der Waals surface area contributed by atoms with E-state index in [4.69, 9.17) is 9.84 Å². The number of carbonyl (C=O) groups is 1. The number of fused-ring (bicyclic) bond motifs is 2. The summed E-state index contributed by atoms with van der Waals surface area (Å²) in [6, 6.07) is 8.03. The second kappa shape index (κ2) is 5.78. The molecule has 0 saturated carbocycles. The molecule has 0 bridgehead atoms. The smallest absolute Gasteiger partial charge is 0.335 e. The van der Waals surface area contributed by atoms with Crippen molar-refractivity contribution in [3.05, 3.63) is 69.8 Å². The van der Waals surface area contributed by atoms with E-state index in [9.17, 15) is 18.8 Å². The molecule has 120 valence electrons. The van der Waals surface area contributed by atoms with Gasteiger partial charge in [0.15, 0.2) is 0 Å². The van der Waals surface area contributed by atoms with Crippen LogP contribution < -0.4 is 4.74 Å². The van der Waals surface area contributed by atoms with Crippen LogP contribution in [0.1, 0.15) is 34.0 Å². The molecule has 0 radical (unpaired) electrons. The summed E-state index contributed by atoms with van der Waals surface area (Å²) >= 11 is 0. The van der Waals surface area contributed by atoms with Crippen LogP contribution in [-0.4, -0.2) is 11.1 Å². The summed E-state index contributed by atoms with van der Waals surface area (Å²) in [7, 11) is 0.